The third-order valence-corrected chi connectivity index (χ3v) is 4.36. The summed E-state index contributed by atoms with van der Waals surface area (Å²) < 4.78 is 5.48. The summed E-state index contributed by atoms with van der Waals surface area (Å²) in [6, 6.07) is 17.0. The summed E-state index contributed by atoms with van der Waals surface area (Å²) in [5.41, 5.74) is 0.650. The van der Waals surface area contributed by atoms with Gasteiger partial charge in [0, 0.05) is 0 Å². The first-order valence-corrected chi connectivity index (χ1v) is 8.44. The number of aromatic amines is 1. The van der Waals surface area contributed by atoms with Gasteiger partial charge in [0.05, 0.1) is 16.5 Å². The molecule has 6 nitrogen and oxygen atoms in total. The molecule has 27 heavy (non-hydrogen) atoms. The molecule has 1 heterocycles. The number of carbonyl (C=O) groups excluding carboxylic acids is 1. The fourth-order valence-electron chi connectivity index (χ4n) is 2.94. The molecule has 0 radical (unpaired) electrons. The lowest BCUT2D eigenvalue weighted by molar-refractivity contribution is 0.0320. The van der Waals surface area contributed by atoms with E-state index in [1.54, 1.807) is 67.6 Å². The van der Waals surface area contributed by atoms with Crippen LogP contribution in [0.15, 0.2) is 65.5 Å². The molecule has 3 aromatic carbocycles. The second kappa shape index (κ2) is 6.57. The highest BCUT2D eigenvalue weighted by atomic mass is 16.5. The Labute approximate surface area is 154 Å². The van der Waals surface area contributed by atoms with Crippen molar-refractivity contribution < 1.29 is 14.6 Å². The number of aromatic hydroxyl groups is 1. The SMILES string of the molecule is C[C@@H](OC(=O)c1ccc2cc(O)ccc2c1)c1nc2ccccc2c(=O)[nH]1. The van der Waals surface area contributed by atoms with Gasteiger partial charge in [0.25, 0.3) is 5.56 Å². The monoisotopic (exact) mass is 360 g/mol. The first-order chi connectivity index (χ1) is 13.0. The van der Waals surface area contributed by atoms with Gasteiger partial charge in [-0.05, 0) is 54.1 Å². The average molecular weight is 360 g/mol. The molecular weight excluding hydrogens is 344 g/mol. The number of esters is 1. The number of carbonyl (C=O) groups is 1. The van der Waals surface area contributed by atoms with Crippen molar-refractivity contribution in [1.82, 2.24) is 9.97 Å². The molecule has 0 bridgehead atoms. The van der Waals surface area contributed by atoms with E-state index in [0.717, 1.165) is 10.8 Å². The zero-order valence-electron chi connectivity index (χ0n) is 14.5. The van der Waals surface area contributed by atoms with E-state index in [1.165, 1.54) is 0 Å². The molecule has 0 fully saturated rings. The summed E-state index contributed by atoms with van der Waals surface area (Å²) in [7, 11) is 0. The average Bonchev–Trinajstić information content (AvgIpc) is 2.67. The minimum atomic E-state index is -0.717. The maximum atomic E-state index is 12.5. The van der Waals surface area contributed by atoms with Crippen LogP contribution in [0.4, 0.5) is 0 Å². The van der Waals surface area contributed by atoms with Gasteiger partial charge in [-0.1, -0.05) is 24.3 Å². The van der Waals surface area contributed by atoms with E-state index in [1.807, 2.05) is 0 Å². The van der Waals surface area contributed by atoms with Crippen LogP contribution in [0.1, 0.15) is 29.2 Å². The molecule has 0 spiro atoms. The van der Waals surface area contributed by atoms with Gasteiger partial charge in [-0.25, -0.2) is 9.78 Å². The third kappa shape index (κ3) is 3.25. The molecule has 4 rings (SSSR count). The van der Waals surface area contributed by atoms with Crippen LogP contribution in [0.5, 0.6) is 5.75 Å². The molecule has 0 saturated heterocycles. The highest BCUT2D eigenvalue weighted by Gasteiger charge is 2.17. The summed E-state index contributed by atoms with van der Waals surface area (Å²) in [5, 5.41) is 11.6. The minimum Gasteiger partial charge on any atom is -0.508 e. The van der Waals surface area contributed by atoms with Crippen molar-refractivity contribution in [2.24, 2.45) is 0 Å². The van der Waals surface area contributed by atoms with E-state index < -0.39 is 12.1 Å². The topological polar surface area (TPSA) is 92.3 Å². The van der Waals surface area contributed by atoms with Crippen molar-refractivity contribution in [3.05, 3.63) is 82.4 Å². The van der Waals surface area contributed by atoms with Gasteiger partial charge in [-0.15, -0.1) is 0 Å². The van der Waals surface area contributed by atoms with Gasteiger partial charge < -0.3 is 14.8 Å². The second-order valence-electron chi connectivity index (χ2n) is 6.26. The summed E-state index contributed by atoms with van der Waals surface area (Å²) >= 11 is 0. The molecule has 1 aromatic heterocycles. The van der Waals surface area contributed by atoms with Gasteiger partial charge in [0.2, 0.25) is 0 Å². The maximum Gasteiger partial charge on any atom is 0.338 e. The van der Waals surface area contributed by atoms with E-state index in [9.17, 15) is 14.7 Å². The Hall–Kier alpha value is -3.67. The fraction of sp³-hybridized carbons (Fsp3) is 0.0952. The van der Waals surface area contributed by atoms with Crippen molar-refractivity contribution in [2.75, 3.05) is 0 Å². The number of aromatic nitrogens is 2. The predicted molar refractivity (Wildman–Crippen MR) is 102 cm³/mol. The van der Waals surface area contributed by atoms with Crippen LogP contribution < -0.4 is 5.56 Å². The molecular formula is C21H16N2O4. The minimum absolute atomic E-state index is 0.165. The molecule has 0 unspecified atom stereocenters. The standard InChI is InChI=1S/C21H16N2O4/c1-12(19-22-18-5-3-2-4-17(18)20(25)23-19)27-21(26)15-7-6-14-11-16(24)9-8-13(14)10-15/h2-12,24H,1H3,(H,22,23,25)/t12-/m1/s1. The Morgan fingerprint density at radius 1 is 1.07 bits per heavy atom. The smallest absolute Gasteiger partial charge is 0.338 e. The number of fused-ring (bicyclic) bond motifs is 2. The predicted octanol–water partition coefficient (Wildman–Crippen LogP) is 3.70. The normalized spacial score (nSPS) is 12.2. The number of phenolic OH excluding ortho intramolecular Hbond substituents is 1. The highest BCUT2D eigenvalue weighted by Crippen LogP contribution is 2.23. The number of benzene rings is 3. The molecule has 2 N–H and O–H groups in total. The van der Waals surface area contributed by atoms with Crippen LogP contribution in [0, 0.1) is 0 Å². The Kier molecular flexibility index (Phi) is 4.08. The lowest BCUT2D eigenvalue weighted by Gasteiger charge is -2.13. The largest absolute Gasteiger partial charge is 0.508 e. The van der Waals surface area contributed by atoms with Crippen molar-refractivity contribution in [3.63, 3.8) is 0 Å². The molecule has 0 aliphatic heterocycles. The van der Waals surface area contributed by atoms with E-state index in [4.69, 9.17) is 4.74 Å². The first kappa shape index (κ1) is 16.8. The lowest BCUT2D eigenvalue weighted by Crippen LogP contribution is -2.17. The van der Waals surface area contributed by atoms with E-state index in [-0.39, 0.29) is 17.1 Å². The molecule has 0 aliphatic rings. The Balaban J connectivity index is 1.61. The van der Waals surface area contributed by atoms with Crippen LogP contribution >= 0.6 is 0 Å². The zero-order valence-corrected chi connectivity index (χ0v) is 14.5. The quantitative estimate of drug-likeness (QED) is 0.544. The van der Waals surface area contributed by atoms with Crippen molar-refractivity contribution in [3.8, 4) is 5.75 Å². The number of H-pyrrole nitrogens is 1. The van der Waals surface area contributed by atoms with E-state index in [0.29, 0.717) is 16.5 Å². The summed E-state index contributed by atoms with van der Waals surface area (Å²) in [5.74, 6) is -0.0659. The van der Waals surface area contributed by atoms with Gasteiger partial charge in [0.1, 0.15) is 5.75 Å². The van der Waals surface area contributed by atoms with Crippen LogP contribution in [0.2, 0.25) is 0 Å². The molecule has 4 aromatic rings. The number of nitrogens with one attached hydrogen (secondary N) is 1. The van der Waals surface area contributed by atoms with E-state index >= 15 is 0 Å². The number of phenols is 1. The number of hydrogen-bond donors (Lipinski definition) is 2. The molecule has 6 heteroatoms. The number of rotatable bonds is 3. The zero-order chi connectivity index (χ0) is 19.0. The van der Waals surface area contributed by atoms with Crippen LogP contribution in [-0.2, 0) is 4.74 Å². The molecule has 134 valence electrons. The van der Waals surface area contributed by atoms with Crippen LogP contribution in [0.25, 0.3) is 21.7 Å². The van der Waals surface area contributed by atoms with Gasteiger partial charge in [0.15, 0.2) is 11.9 Å². The first-order valence-electron chi connectivity index (χ1n) is 8.44. The number of ether oxygens (including phenoxy) is 1. The number of nitrogens with zero attached hydrogens (tertiary/aromatic N) is 1. The Morgan fingerprint density at radius 2 is 1.81 bits per heavy atom. The molecule has 0 amide bonds. The maximum absolute atomic E-state index is 12.5. The Bertz CT molecular complexity index is 1230. The number of hydrogen-bond acceptors (Lipinski definition) is 5. The lowest BCUT2D eigenvalue weighted by atomic mass is 10.1. The third-order valence-electron chi connectivity index (χ3n) is 4.36. The van der Waals surface area contributed by atoms with Crippen molar-refractivity contribution in [1.29, 1.82) is 0 Å². The molecule has 0 aliphatic carbocycles. The van der Waals surface area contributed by atoms with Gasteiger partial charge in [-0.3, -0.25) is 4.79 Å². The molecule has 0 saturated carbocycles. The summed E-state index contributed by atoms with van der Waals surface area (Å²) in [6.45, 7) is 1.66. The van der Waals surface area contributed by atoms with Crippen LogP contribution in [-0.4, -0.2) is 21.0 Å². The van der Waals surface area contributed by atoms with E-state index in [2.05, 4.69) is 9.97 Å². The highest BCUT2D eigenvalue weighted by molar-refractivity contribution is 5.95. The number of para-hydroxylation sites is 1. The second-order valence-corrected chi connectivity index (χ2v) is 6.26. The van der Waals surface area contributed by atoms with Gasteiger partial charge in [-0.2, -0.15) is 0 Å². The van der Waals surface area contributed by atoms with Crippen molar-refractivity contribution >= 4 is 27.6 Å². The fourth-order valence-corrected chi connectivity index (χ4v) is 2.94. The summed E-state index contributed by atoms with van der Waals surface area (Å²) in [4.78, 5) is 31.7. The van der Waals surface area contributed by atoms with Crippen molar-refractivity contribution in [2.45, 2.75) is 13.0 Å². The summed E-state index contributed by atoms with van der Waals surface area (Å²) in [6.07, 6.45) is -0.717. The van der Waals surface area contributed by atoms with Gasteiger partial charge >= 0.3 is 5.97 Å². The van der Waals surface area contributed by atoms with Crippen LogP contribution in [0.3, 0.4) is 0 Å². The molecule has 1 atom stereocenters. The Morgan fingerprint density at radius 3 is 2.67 bits per heavy atom.